The first-order chi connectivity index (χ1) is 8.83. The molecule has 1 heterocycles. The van der Waals surface area contributed by atoms with Gasteiger partial charge in [0, 0.05) is 17.5 Å². The van der Waals surface area contributed by atoms with Crippen LogP contribution in [0.4, 0.5) is 0 Å². The second-order valence-electron chi connectivity index (χ2n) is 4.66. The van der Waals surface area contributed by atoms with Crippen LogP contribution in [0.1, 0.15) is 16.7 Å². The number of para-hydroxylation sites is 1. The number of hydrogen-bond donors (Lipinski definition) is 0. The SMILES string of the molecule is [O-]c1ccccc1C[N+]1=Cc2ccccc2CC1. The molecule has 0 unspecified atom stereocenters. The first-order valence-electron chi connectivity index (χ1n) is 6.25. The van der Waals surface area contributed by atoms with Crippen molar-refractivity contribution in [1.82, 2.24) is 0 Å². The average Bonchev–Trinajstić information content (AvgIpc) is 2.41. The number of benzene rings is 2. The van der Waals surface area contributed by atoms with Crippen LogP contribution in [0.2, 0.25) is 0 Å². The van der Waals surface area contributed by atoms with Crippen molar-refractivity contribution in [3.8, 4) is 5.75 Å². The highest BCUT2D eigenvalue weighted by Gasteiger charge is 2.15. The molecule has 0 amide bonds. The van der Waals surface area contributed by atoms with Gasteiger partial charge in [-0.25, -0.2) is 4.58 Å². The molecule has 0 aliphatic carbocycles. The molecule has 2 aromatic rings. The lowest BCUT2D eigenvalue weighted by Crippen LogP contribution is -2.22. The van der Waals surface area contributed by atoms with Crippen molar-refractivity contribution in [3.05, 3.63) is 65.2 Å². The van der Waals surface area contributed by atoms with Crippen molar-refractivity contribution in [1.29, 1.82) is 0 Å². The van der Waals surface area contributed by atoms with E-state index in [-0.39, 0.29) is 5.75 Å². The number of rotatable bonds is 2. The van der Waals surface area contributed by atoms with E-state index < -0.39 is 0 Å². The molecule has 2 aromatic carbocycles. The summed E-state index contributed by atoms with van der Waals surface area (Å²) in [7, 11) is 0. The Labute approximate surface area is 107 Å². The fraction of sp³-hybridized carbons (Fsp3) is 0.188. The van der Waals surface area contributed by atoms with E-state index in [2.05, 4.69) is 35.1 Å². The highest BCUT2D eigenvalue weighted by Crippen LogP contribution is 2.16. The van der Waals surface area contributed by atoms with Gasteiger partial charge < -0.3 is 5.11 Å². The lowest BCUT2D eigenvalue weighted by Gasteiger charge is -2.15. The molecule has 1 aliphatic rings. The molecule has 90 valence electrons. The Morgan fingerprint density at radius 2 is 1.78 bits per heavy atom. The third-order valence-corrected chi connectivity index (χ3v) is 3.39. The van der Waals surface area contributed by atoms with Gasteiger partial charge in [0.05, 0.1) is 0 Å². The first-order valence-corrected chi connectivity index (χ1v) is 6.25. The van der Waals surface area contributed by atoms with Gasteiger partial charge in [0.15, 0.2) is 12.8 Å². The van der Waals surface area contributed by atoms with Gasteiger partial charge in [-0.05, 0) is 11.6 Å². The normalized spacial score (nSPS) is 13.9. The summed E-state index contributed by atoms with van der Waals surface area (Å²) in [5.74, 6) is 0.129. The molecule has 0 N–H and O–H groups in total. The molecule has 0 atom stereocenters. The number of nitrogens with zero attached hydrogens (tertiary/aromatic N) is 1. The maximum Gasteiger partial charge on any atom is 0.171 e. The summed E-state index contributed by atoms with van der Waals surface area (Å²) in [5, 5.41) is 11.7. The number of fused-ring (bicyclic) bond motifs is 1. The maximum atomic E-state index is 11.7. The zero-order valence-corrected chi connectivity index (χ0v) is 10.2. The van der Waals surface area contributed by atoms with Crippen molar-refractivity contribution in [2.45, 2.75) is 13.0 Å². The smallest absolute Gasteiger partial charge is 0.171 e. The lowest BCUT2D eigenvalue weighted by atomic mass is 10.0. The molecule has 0 fully saturated rings. The van der Waals surface area contributed by atoms with Crippen LogP contribution in [-0.4, -0.2) is 17.3 Å². The standard InChI is InChI=1S/C16H15NO/c18-16-8-4-3-7-15(16)12-17-10-9-13-5-1-2-6-14(13)11-17/h1-8,11H,9-10,12H2. The quantitative estimate of drug-likeness (QED) is 0.733. The Hall–Kier alpha value is -2.09. The van der Waals surface area contributed by atoms with E-state index in [0.717, 1.165) is 18.5 Å². The van der Waals surface area contributed by atoms with E-state index in [1.165, 1.54) is 11.1 Å². The molecule has 0 aromatic heterocycles. The minimum absolute atomic E-state index is 0.129. The van der Waals surface area contributed by atoms with E-state index in [1.807, 2.05) is 12.1 Å². The van der Waals surface area contributed by atoms with E-state index >= 15 is 0 Å². The summed E-state index contributed by atoms with van der Waals surface area (Å²) in [6.45, 7) is 1.68. The fourth-order valence-corrected chi connectivity index (χ4v) is 2.39. The van der Waals surface area contributed by atoms with Crippen molar-refractivity contribution in [2.75, 3.05) is 6.54 Å². The molecule has 2 nitrogen and oxygen atoms in total. The zero-order valence-electron chi connectivity index (χ0n) is 10.2. The molecule has 18 heavy (non-hydrogen) atoms. The Morgan fingerprint density at radius 3 is 2.67 bits per heavy atom. The first kappa shape index (κ1) is 11.0. The molecule has 3 rings (SSSR count). The monoisotopic (exact) mass is 237 g/mol. The van der Waals surface area contributed by atoms with Crippen LogP contribution < -0.4 is 5.11 Å². The predicted octanol–water partition coefficient (Wildman–Crippen LogP) is 1.95. The van der Waals surface area contributed by atoms with Gasteiger partial charge in [0.2, 0.25) is 0 Å². The van der Waals surface area contributed by atoms with E-state index in [4.69, 9.17) is 0 Å². The van der Waals surface area contributed by atoms with Crippen LogP contribution in [0.5, 0.6) is 5.75 Å². The third kappa shape index (κ3) is 2.14. The maximum absolute atomic E-state index is 11.7. The van der Waals surface area contributed by atoms with Gasteiger partial charge in [-0.3, -0.25) is 0 Å². The molecule has 0 bridgehead atoms. The van der Waals surface area contributed by atoms with Crippen LogP contribution in [0.15, 0.2) is 48.5 Å². The molecular formula is C16H15NO. The zero-order chi connectivity index (χ0) is 12.4. The van der Waals surface area contributed by atoms with Gasteiger partial charge >= 0.3 is 0 Å². The van der Waals surface area contributed by atoms with Gasteiger partial charge in [-0.2, -0.15) is 0 Å². The summed E-state index contributed by atoms with van der Waals surface area (Å²) < 4.78 is 2.22. The fourth-order valence-electron chi connectivity index (χ4n) is 2.39. The minimum Gasteiger partial charge on any atom is -0.872 e. The summed E-state index contributed by atoms with van der Waals surface area (Å²) in [5.41, 5.74) is 3.53. The Balaban J connectivity index is 1.88. The van der Waals surface area contributed by atoms with Crippen LogP contribution in [0.3, 0.4) is 0 Å². The molecule has 0 spiro atoms. The summed E-state index contributed by atoms with van der Waals surface area (Å²) in [6.07, 6.45) is 3.21. The Kier molecular flexibility index (Phi) is 2.85. The van der Waals surface area contributed by atoms with Crippen molar-refractivity contribution in [2.24, 2.45) is 0 Å². The van der Waals surface area contributed by atoms with Crippen molar-refractivity contribution in [3.63, 3.8) is 0 Å². The van der Waals surface area contributed by atoms with Crippen LogP contribution >= 0.6 is 0 Å². The molecule has 0 saturated heterocycles. The van der Waals surface area contributed by atoms with E-state index in [1.54, 1.807) is 12.1 Å². The van der Waals surface area contributed by atoms with Gasteiger partial charge in [-0.1, -0.05) is 48.2 Å². The molecule has 1 aliphatic heterocycles. The highest BCUT2D eigenvalue weighted by molar-refractivity contribution is 5.78. The third-order valence-electron chi connectivity index (χ3n) is 3.39. The van der Waals surface area contributed by atoms with Crippen LogP contribution in [-0.2, 0) is 13.0 Å². The van der Waals surface area contributed by atoms with Gasteiger partial charge in [0.25, 0.3) is 0 Å². The Morgan fingerprint density at radius 1 is 1.00 bits per heavy atom. The largest absolute Gasteiger partial charge is 0.872 e. The van der Waals surface area contributed by atoms with E-state index in [9.17, 15) is 5.11 Å². The molecule has 2 heteroatoms. The van der Waals surface area contributed by atoms with E-state index in [0.29, 0.717) is 6.54 Å². The second-order valence-corrected chi connectivity index (χ2v) is 4.66. The van der Waals surface area contributed by atoms with Crippen LogP contribution in [0.25, 0.3) is 0 Å². The topological polar surface area (TPSA) is 26.1 Å². The van der Waals surface area contributed by atoms with Crippen LogP contribution in [0, 0.1) is 0 Å². The number of hydrogen-bond acceptors (Lipinski definition) is 1. The van der Waals surface area contributed by atoms with Crippen molar-refractivity contribution < 1.29 is 9.68 Å². The predicted molar refractivity (Wildman–Crippen MR) is 70.0 cm³/mol. The molecule has 0 saturated carbocycles. The molecular weight excluding hydrogens is 222 g/mol. The average molecular weight is 237 g/mol. The Bertz CT molecular complexity index is 602. The summed E-state index contributed by atoms with van der Waals surface area (Å²) in [6, 6.07) is 15.7. The molecule has 0 radical (unpaired) electrons. The summed E-state index contributed by atoms with van der Waals surface area (Å²) >= 11 is 0. The highest BCUT2D eigenvalue weighted by atomic mass is 16.3. The lowest BCUT2D eigenvalue weighted by molar-refractivity contribution is -0.540. The second kappa shape index (κ2) is 4.65. The van der Waals surface area contributed by atoms with Crippen molar-refractivity contribution >= 4 is 6.21 Å². The summed E-state index contributed by atoms with van der Waals surface area (Å²) in [4.78, 5) is 0. The van der Waals surface area contributed by atoms with Gasteiger partial charge in [-0.15, -0.1) is 0 Å². The minimum atomic E-state index is 0.129. The van der Waals surface area contributed by atoms with Gasteiger partial charge in [0.1, 0.15) is 6.54 Å².